The standard InChI is InChI=1S/C18H22N2O4/c1-2-9-19-18(22)17-11-20(10-13-7-8-14(12-21)23-13)15-5-3-4-6-16(15)24-17/h3-8,17,21H,2,9-12H2,1H3,(H,19,22)/t17-/m1/s1. The highest BCUT2D eigenvalue weighted by molar-refractivity contribution is 5.83. The first-order chi connectivity index (χ1) is 11.7. The second-order valence-corrected chi connectivity index (χ2v) is 5.77. The van der Waals surface area contributed by atoms with Crippen molar-refractivity contribution < 1.29 is 19.1 Å². The summed E-state index contributed by atoms with van der Waals surface area (Å²) in [6, 6.07) is 11.3. The first-order valence-electron chi connectivity index (χ1n) is 8.18. The molecule has 2 N–H and O–H groups in total. The van der Waals surface area contributed by atoms with Crippen LogP contribution in [0.3, 0.4) is 0 Å². The minimum atomic E-state index is -0.557. The number of para-hydroxylation sites is 2. The van der Waals surface area contributed by atoms with Crippen LogP contribution in [-0.2, 0) is 17.9 Å². The van der Waals surface area contributed by atoms with Crippen LogP contribution in [0.4, 0.5) is 5.69 Å². The fourth-order valence-electron chi connectivity index (χ4n) is 2.74. The van der Waals surface area contributed by atoms with E-state index < -0.39 is 6.10 Å². The molecule has 1 atom stereocenters. The van der Waals surface area contributed by atoms with Crippen molar-refractivity contribution in [2.45, 2.75) is 32.6 Å². The van der Waals surface area contributed by atoms with E-state index in [2.05, 4.69) is 10.2 Å². The molecule has 0 saturated heterocycles. The minimum absolute atomic E-state index is 0.105. The number of ether oxygens (including phenoxy) is 1. The average Bonchev–Trinajstić information content (AvgIpc) is 3.07. The quantitative estimate of drug-likeness (QED) is 0.848. The summed E-state index contributed by atoms with van der Waals surface area (Å²) in [6.45, 7) is 3.49. The third kappa shape index (κ3) is 3.54. The topological polar surface area (TPSA) is 74.9 Å². The fraction of sp³-hybridized carbons (Fsp3) is 0.389. The Balaban J connectivity index is 1.79. The molecule has 6 heteroatoms. The molecule has 2 heterocycles. The fourth-order valence-corrected chi connectivity index (χ4v) is 2.74. The first kappa shape index (κ1) is 16.4. The Morgan fingerprint density at radius 3 is 2.83 bits per heavy atom. The monoisotopic (exact) mass is 330 g/mol. The number of rotatable bonds is 6. The third-order valence-electron chi connectivity index (χ3n) is 3.92. The van der Waals surface area contributed by atoms with Crippen LogP contribution in [0.1, 0.15) is 24.9 Å². The van der Waals surface area contributed by atoms with E-state index in [-0.39, 0.29) is 12.5 Å². The second kappa shape index (κ2) is 7.40. The van der Waals surface area contributed by atoms with E-state index in [1.807, 2.05) is 37.3 Å². The number of hydrogen-bond acceptors (Lipinski definition) is 5. The molecule has 0 bridgehead atoms. The van der Waals surface area contributed by atoms with Crippen LogP contribution in [0.5, 0.6) is 5.75 Å². The van der Waals surface area contributed by atoms with Gasteiger partial charge < -0.3 is 24.5 Å². The smallest absolute Gasteiger partial charge is 0.262 e. The molecule has 0 fully saturated rings. The molecule has 6 nitrogen and oxygen atoms in total. The van der Waals surface area contributed by atoms with Crippen molar-refractivity contribution >= 4 is 11.6 Å². The largest absolute Gasteiger partial charge is 0.477 e. The van der Waals surface area contributed by atoms with Gasteiger partial charge in [-0.2, -0.15) is 0 Å². The van der Waals surface area contributed by atoms with Gasteiger partial charge in [-0.15, -0.1) is 0 Å². The summed E-state index contributed by atoms with van der Waals surface area (Å²) >= 11 is 0. The number of hydrogen-bond donors (Lipinski definition) is 2. The van der Waals surface area contributed by atoms with Gasteiger partial charge in [-0.05, 0) is 30.7 Å². The summed E-state index contributed by atoms with van der Waals surface area (Å²) in [5.41, 5.74) is 0.930. The maximum atomic E-state index is 12.3. The lowest BCUT2D eigenvalue weighted by molar-refractivity contribution is -0.127. The van der Waals surface area contributed by atoms with Crippen LogP contribution >= 0.6 is 0 Å². The Bertz CT molecular complexity index is 698. The van der Waals surface area contributed by atoms with E-state index in [0.29, 0.717) is 31.1 Å². The van der Waals surface area contributed by atoms with Gasteiger partial charge in [-0.25, -0.2) is 0 Å². The van der Waals surface area contributed by atoms with Gasteiger partial charge in [0.25, 0.3) is 5.91 Å². The Labute approximate surface area is 141 Å². The lowest BCUT2D eigenvalue weighted by Gasteiger charge is -2.35. The molecule has 1 aromatic carbocycles. The normalized spacial score (nSPS) is 16.4. The van der Waals surface area contributed by atoms with E-state index >= 15 is 0 Å². The summed E-state index contributed by atoms with van der Waals surface area (Å²) in [7, 11) is 0. The lowest BCUT2D eigenvalue weighted by Crippen LogP contribution is -2.48. The zero-order chi connectivity index (χ0) is 16.9. The number of carbonyl (C=O) groups excluding carboxylic acids is 1. The van der Waals surface area contributed by atoms with Crippen molar-refractivity contribution in [3.8, 4) is 5.75 Å². The molecule has 1 aliphatic rings. The summed E-state index contributed by atoms with van der Waals surface area (Å²) in [6.07, 6.45) is 0.327. The first-order valence-corrected chi connectivity index (χ1v) is 8.18. The van der Waals surface area contributed by atoms with Gasteiger partial charge in [-0.1, -0.05) is 19.1 Å². The zero-order valence-electron chi connectivity index (χ0n) is 13.7. The highest BCUT2D eigenvalue weighted by Crippen LogP contribution is 2.34. The average molecular weight is 330 g/mol. The summed E-state index contributed by atoms with van der Waals surface area (Å²) in [5.74, 6) is 1.86. The molecule has 0 spiro atoms. The summed E-state index contributed by atoms with van der Waals surface area (Å²) in [4.78, 5) is 14.4. The molecule has 0 aliphatic carbocycles. The van der Waals surface area contributed by atoms with Crippen LogP contribution in [0.25, 0.3) is 0 Å². The minimum Gasteiger partial charge on any atom is -0.477 e. The number of nitrogens with one attached hydrogen (secondary N) is 1. The van der Waals surface area contributed by atoms with Crippen LogP contribution in [0, 0.1) is 0 Å². The van der Waals surface area contributed by atoms with E-state index in [4.69, 9.17) is 14.3 Å². The number of anilines is 1. The molecule has 24 heavy (non-hydrogen) atoms. The molecule has 3 rings (SSSR count). The number of benzene rings is 1. The molecule has 2 aromatic rings. The van der Waals surface area contributed by atoms with Crippen LogP contribution in [0.15, 0.2) is 40.8 Å². The van der Waals surface area contributed by atoms with Gasteiger partial charge >= 0.3 is 0 Å². The van der Waals surface area contributed by atoms with Crippen molar-refractivity contribution in [3.05, 3.63) is 47.9 Å². The maximum Gasteiger partial charge on any atom is 0.262 e. The molecular weight excluding hydrogens is 308 g/mol. The summed E-state index contributed by atoms with van der Waals surface area (Å²) in [5, 5.41) is 12.0. The van der Waals surface area contributed by atoms with E-state index in [9.17, 15) is 4.79 Å². The number of carbonyl (C=O) groups is 1. The van der Waals surface area contributed by atoms with E-state index in [1.165, 1.54) is 0 Å². The Morgan fingerprint density at radius 2 is 2.08 bits per heavy atom. The van der Waals surface area contributed by atoms with E-state index in [1.54, 1.807) is 6.07 Å². The van der Waals surface area contributed by atoms with Crippen molar-refractivity contribution in [1.82, 2.24) is 5.32 Å². The van der Waals surface area contributed by atoms with Gasteiger partial charge in [0.15, 0.2) is 6.10 Å². The summed E-state index contributed by atoms with van der Waals surface area (Å²) < 4.78 is 11.4. The number of aliphatic hydroxyl groups is 1. The van der Waals surface area contributed by atoms with Crippen molar-refractivity contribution in [2.75, 3.05) is 18.0 Å². The third-order valence-corrected chi connectivity index (χ3v) is 3.92. The Kier molecular flexibility index (Phi) is 5.05. The van der Waals surface area contributed by atoms with Crippen molar-refractivity contribution in [3.63, 3.8) is 0 Å². The molecule has 128 valence electrons. The molecule has 0 saturated carbocycles. The van der Waals surface area contributed by atoms with Gasteiger partial charge in [-0.3, -0.25) is 4.79 Å². The highest BCUT2D eigenvalue weighted by Gasteiger charge is 2.30. The molecule has 0 radical (unpaired) electrons. The Morgan fingerprint density at radius 1 is 1.29 bits per heavy atom. The zero-order valence-corrected chi connectivity index (χ0v) is 13.7. The Hall–Kier alpha value is -2.47. The van der Waals surface area contributed by atoms with Crippen LogP contribution < -0.4 is 15.0 Å². The van der Waals surface area contributed by atoms with Crippen molar-refractivity contribution in [1.29, 1.82) is 0 Å². The molecular formula is C18H22N2O4. The maximum absolute atomic E-state index is 12.3. The second-order valence-electron chi connectivity index (χ2n) is 5.77. The van der Waals surface area contributed by atoms with Crippen LogP contribution in [-0.4, -0.2) is 30.2 Å². The SMILES string of the molecule is CCCNC(=O)[C@H]1CN(Cc2ccc(CO)o2)c2ccccc2O1. The highest BCUT2D eigenvalue weighted by atomic mass is 16.5. The molecule has 1 aliphatic heterocycles. The van der Waals surface area contributed by atoms with E-state index in [0.717, 1.165) is 17.9 Å². The lowest BCUT2D eigenvalue weighted by atomic mass is 10.1. The predicted octanol–water partition coefficient (Wildman–Crippen LogP) is 2.07. The van der Waals surface area contributed by atoms with Gasteiger partial charge in [0, 0.05) is 6.54 Å². The molecule has 0 unspecified atom stereocenters. The van der Waals surface area contributed by atoms with Crippen LogP contribution in [0.2, 0.25) is 0 Å². The van der Waals surface area contributed by atoms with Gasteiger partial charge in [0.05, 0.1) is 18.8 Å². The number of aliphatic hydroxyl groups excluding tert-OH is 1. The number of nitrogens with zero attached hydrogens (tertiary/aromatic N) is 1. The van der Waals surface area contributed by atoms with Crippen molar-refractivity contribution in [2.24, 2.45) is 0 Å². The molecule has 1 aromatic heterocycles. The predicted molar refractivity (Wildman–Crippen MR) is 89.8 cm³/mol. The number of amides is 1. The molecule has 1 amide bonds. The van der Waals surface area contributed by atoms with Gasteiger partial charge in [0.2, 0.25) is 0 Å². The van der Waals surface area contributed by atoms with Gasteiger partial charge in [0.1, 0.15) is 23.9 Å². The number of furan rings is 1. The number of fused-ring (bicyclic) bond motifs is 1.